The Morgan fingerprint density at radius 3 is 0.419 bits per heavy atom. The van der Waals surface area contributed by atoms with Gasteiger partial charge in [0.2, 0.25) is 0 Å². The molecule has 0 aromatic carbocycles. The van der Waals surface area contributed by atoms with Crippen molar-refractivity contribution in [3.05, 3.63) is 0 Å². The van der Waals surface area contributed by atoms with Crippen molar-refractivity contribution in [1.82, 2.24) is 0 Å². The quantitative estimate of drug-likeness (QED) is 0.0442. The van der Waals surface area contributed by atoms with Crippen LogP contribution in [0.5, 0.6) is 0 Å². The molecule has 0 heterocycles. The molecule has 2 radical (unpaired) electrons. The predicted molar refractivity (Wildman–Crippen MR) is 259 cm³/mol. The number of carbonyl (C=O) groups is 3. The van der Waals surface area contributed by atoms with Gasteiger partial charge in [-0.3, -0.25) is 0 Å². The number of hydrogen-bond acceptors (Lipinski definition) is 6. The van der Waals surface area contributed by atoms with Gasteiger partial charge in [0.15, 0.2) is 0 Å². The van der Waals surface area contributed by atoms with Gasteiger partial charge in [-0.2, -0.15) is 0 Å². The Morgan fingerprint density at radius 2 is 0.323 bits per heavy atom. The molecule has 6 nitrogen and oxygen atoms in total. The summed E-state index contributed by atoms with van der Waals surface area (Å²) in [4.78, 5) is 30.7. The van der Waals surface area contributed by atoms with Crippen LogP contribution < -0.4 is 34.2 Å². The van der Waals surface area contributed by atoms with E-state index in [0.717, 1.165) is 38.5 Å². The fraction of sp³-hybridized carbons (Fsp3) is 0.944. The Hall–Kier alpha value is -0.0705. The van der Waals surface area contributed by atoms with Gasteiger partial charge in [0, 0.05) is 17.9 Å². The molecule has 0 unspecified atom stereocenters. The molecule has 0 N–H and O–H groups in total. The van der Waals surface area contributed by atoms with Gasteiger partial charge in [-0.15, -0.1) is 0 Å². The molecule has 0 aliphatic rings. The first kappa shape index (κ1) is 70.9. The third-order valence-electron chi connectivity index (χ3n) is 12.0. The summed E-state index contributed by atoms with van der Waals surface area (Å²) in [7, 11) is 0. The minimum absolute atomic E-state index is 0. The van der Waals surface area contributed by atoms with Crippen molar-refractivity contribution >= 4 is 45.2 Å². The Morgan fingerprint density at radius 1 is 0.226 bits per heavy atom. The molecule has 0 rings (SSSR count). The first-order valence-corrected chi connectivity index (χ1v) is 26.9. The molecule has 0 aromatic heterocycles. The molecule has 0 bridgehead atoms. The van der Waals surface area contributed by atoms with E-state index in [1.165, 1.54) is 250 Å². The molecule has 0 saturated heterocycles. The summed E-state index contributed by atoms with van der Waals surface area (Å²) in [6, 6.07) is 0. The van der Waals surface area contributed by atoms with E-state index in [1.54, 1.807) is 0 Å². The Kier molecular flexibility index (Phi) is 77.3. The van der Waals surface area contributed by atoms with Gasteiger partial charge in [-0.25, -0.2) is 0 Å². The van der Waals surface area contributed by atoms with Gasteiger partial charge in [0.05, 0.1) is 0 Å². The van der Waals surface area contributed by atoms with Crippen LogP contribution in [0.2, 0.25) is 0 Å². The van der Waals surface area contributed by atoms with E-state index in [2.05, 4.69) is 20.8 Å². The van der Waals surface area contributed by atoms with Crippen molar-refractivity contribution < 1.29 is 48.6 Å². The Balaban J connectivity index is -0.000000258. The van der Waals surface area contributed by atoms with Gasteiger partial charge >= 0.3 is 46.2 Å². The summed E-state index contributed by atoms with van der Waals surface area (Å²) in [6.07, 6.45) is 59.6. The average molecular weight is 1060 g/mol. The molecule has 0 saturated carbocycles. The van der Waals surface area contributed by atoms with E-state index in [0.29, 0.717) is 0 Å². The van der Waals surface area contributed by atoms with E-state index in [1.807, 2.05) is 0 Å². The standard InChI is InChI=1S/3C18H36O2.Li.Pb/c3*1-2-3-4-5-6-7-8-9-10-11-12-13-14-15-16-17-18(19)20;;/h3*2-17H2,1H3,(H,19,20);;/q;;;+1;+2/p-3. The van der Waals surface area contributed by atoms with Crippen molar-refractivity contribution in [2.75, 3.05) is 0 Å². The fourth-order valence-electron chi connectivity index (χ4n) is 7.92. The normalized spacial score (nSPS) is 10.5. The summed E-state index contributed by atoms with van der Waals surface area (Å²) < 4.78 is 0. The fourth-order valence-corrected chi connectivity index (χ4v) is 7.92. The third-order valence-corrected chi connectivity index (χ3v) is 12.0. The van der Waals surface area contributed by atoms with Crippen LogP contribution >= 0.6 is 0 Å². The Bertz CT molecular complexity index is 724. The molecular formula is C54H105LiO6Pb. The van der Waals surface area contributed by atoms with Crippen molar-refractivity contribution in [2.24, 2.45) is 0 Å². The second-order valence-corrected chi connectivity index (χ2v) is 18.2. The second kappa shape index (κ2) is 67.5. The van der Waals surface area contributed by atoms with Gasteiger partial charge in [0.25, 0.3) is 0 Å². The van der Waals surface area contributed by atoms with E-state index in [9.17, 15) is 29.7 Å². The molecule has 0 amide bonds. The first-order valence-electron chi connectivity index (χ1n) is 26.9. The zero-order valence-electron chi connectivity index (χ0n) is 42.4. The minimum Gasteiger partial charge on any atom is -0.550 e. The number of unbranched alkanes of at least 4 members (excludes halogenated alkanes) is 42. The molecule has 0 aliphatic carbocycles. The largest absolute Gasteiger partial charge is 2.00 e. The van der Waals surface area contributed by atoms with Crippen molar-refractivity contribution in [2.45, 2.75) is 329 Å². The summed E-state index contributed by atoms with van der Waals surface area (Å²) in [5.74, 6) is -2.71. The van der Waals surface area contributed by atoms with Crippen LogP contribution in [0.1, 0.15) is 329 Å². The SMILES string of the molecule is CCCCCCCCCCCCCCCCCC(=O)[O-].CCCCCCCCCCCCCCCCCC(=O)[O-].CCCCCCCCCCCCCCCCCC(=O)[O-].[Li+].[Pb+2]. The van der Waals surface area contributed by atoms with Gasteiger partial charge in [-0.05, 0) is 38.5 Å². The number of aliphatic carboxylic acids is 3. The summed E-state index contributed by atoms with van der Waals surface area (Å²) in [5, 5.41) is 30.7. The number of carboxylic acid groups (broad SMARTS) is 3. The number of carbonyl (C=O) groups excluding carboxylic acids is 3. The number of hydrogen-bond donors (Lipinski definition) is 0. The first-order chi connectivity index (χ1) is 29.3. The Labute approximate surface area is 420 Å². The van der Waals surface area contributed by atoms with Crippen LogP contribution in [0, 0.1) is 0 Å². The maximum absolute atomic E-state index is 10.2. The van der Waals surface area contributed by atoms with Crippen molar-refractivity contribution in [3.63, 3.8) is 0 Å². The summed E-state index contributed by atoms with van der Waals surface area (Å²) >= 11 is 0. The van der Waals surface area contributed by atoms with Crippen molar-refractivity contribution in [1.29, 1.82) is 0 Å². The van der Waals surface area contributed by atoms with Crippen LogP contribution in [0.25, 0.3) is 0 Å². The smallest absolute Gasteiger partial charge is 0.550 e. The van der Waals surface area contributed by atoms with Gasteiger partial charge in [0.1, 0.15) is 0 Å². The van der Waals surface area contributed by atoms with Crippen molar-refractivity contribution in [3.8, 4) is 0 Å². The van der Waals surface area contributed by atoms with Gasteiger partial charge < -0.3 is 29.7 Å². The zero-order chi connectivity index (χ0) is 44.7. The van der Waals surface area contributed by atoms with Gasteiger partial charge in [-0.1, -0.05) is 290 Å². The maximum atomic E-state index is 10.2. The molecule has 8 heteroatoms. The van der Waals surface area contributed by atoms with E-state index >= 15 is 0 Å². The molecule has 0 atom stereocenters. The molecule has 0 aliphatic heterocycles. The molecule has 362 valence electrons. The molecule has 0 spiro atoms. The summed E-state index contributed by atoms with van der Waals surface area (Å²) in [5.41, 5.74) is 0. The maximum Gasteiger partial charge on any atom is 2.00 e. The number of rotatable bonds is 48. The van der Waals surface area contributed by atoms with E-state index in [4.69, 9.17) is 0 Å². The zero-order valence-corrected chi connectivity index (χ0v) is 46.3. The molecule has 0 fully saturated rings. The van der Waals surface area contributed by atoms with Crippen LogP contribution in [0.3, 0.4) is 0 Å². The van der Waals surface area contributed by atoms with E-state index in [-0.39, 0.29) is 65.4 Å². The molecule has 62 heavy (non-hydrogen) atoms. The second-order valence-electron chi connectivity index (χ2n) is 18.2. The number of carboxylic acids is 3. The van der Waals surface area contributed by atoms with E-state index < -0.39 is 17.9 Å². The van der Waals surface area contributed by atoms with Crippen LogP contribution in [-0.4, -0.2) is 45.2 Å². The monoisotopic (exact) mass is 1060 g/mol. The average Bonchev–Trinajstić information content (AvgIpc) is 3.22. The van der Waals surface area contributed by atoms with Crippen LogP contribution in [0.4, 0.5) is 0 Å². The molecular weight excluding hydrogens is 959 g/mol. The predicted octanol–water partition coefficient (Wildman–Crippen LogP) is 11.6. The van der Waals surface area contributed by atoms with Crippen LogP contribution in [0.15, 0.2) is 0 Å². The minimum atomic E-state index is -0.903. The van der Waals surface area contributed by atoms with Crippen LogP contribution in [-0.2, 0) is 14.4 Å². The molecule has 0 aromatic rings. The topological polar surface area (TPSA) is 120 Å². The third kappa shape index (κ3) is 80.2. The summed E-state index contributed by atoms with van der Waals surface area (Å²) in [6.45, 7) is 6.80.